The Labute approximate surface area is 92.8 Å². The quantitative estimate of drug-likeness (QED) is 0.791. The highest BCUT2D eigenvalue weighted by Gasteiger charge is 2.21. The summed E-state index contributed by atoms with van der Waals surface area (Å²) in [6.45, 7) is 2.47. The lowest BCUT2D eigenvalue weighted by Crippen LogP contribution is -2.28. The molecule has 1 aliphatic rings. The van der Waals surface area contributed by atoms with Gasteiger partial charge < -0.3 is 15.4 Å². The molecule has 0 atom stereocenters. The molecule has 0 radical (unpaired) electrons. The fourth-order valence-electron chi connectivity index (χ4n) is 1.51. The fraction of sp³-hybridized carbons (Fsp3) is 0.273. The van der Waals surface area contributed by atoms with E-state index in [0.717, 1.165) is 0 Å². The van der Waals surface area contributed by atoms with Crippen molar-refractivity contribution in [3.63, 3.8) is 0 Å². The van der Waals surface area contributed by atoms with Gasteiger partial charge in [-0.25, -0.2) is 4.79 Å². The maximum atomic E-state index is 11.4. The van der Waals surface area contributed by atoms with Crippen LogP contribution in [-0.2, 0) is 0 Å². The molecule has 1 heterocycles. The largest absolute Gasteiger partial charge is 0.485 e. The highest BCUT2D eigenvalue weighted by Crippen LogP contribution is 2.27. The zero-order valence-electron chi connectivity index (χ0n) is 8.87. The van der Waals surface area contributed by atoms with Gasteiger partial charge in [0.1, 0.15) is 5.75 Å². The SMILES string of the molecule is CCNC(=O)Nc1ccc2c(c1)C(=O)CO2. The Kier molecular flexibility index (Phi) is 2.76. The van der Waals surface area contributed by atoms with Crippen molar-refractivity contribution in [2.24, 2.45) is 0 Å². The molecule has 1 aliphatic heterocycles. The molecule has 0 aliphatic carbocycles. The summed E-state index contributed by atoms with van der Waals surface area (Å²) < 4.78 is 5.14. The summed E-state index contributed by atoms with van der Waals surface area (Å²) >= 11 is 0. The Morgan fingerprint density at radius 2 is 2.31 bits per heavy atom. The van der Waals surface area contributed by atoms with E-state index in [1.54, 1.807) is 18.2 Å². The van der Waals surface area contributed by atoms with Crippen molar-refractivity contribution >= 4 is 17.5 Å². The van der Waals surface area contributed by atoms with Crippen molar-refractivity contribution in [3.8, 4) is 5.75 Å². The van der Waals surface area contributed by atoms with E-state index in [0.29, 0.717) is 23.5 Å². The van der Waals surface area contributed by atoms with Gasteiger partial charge in [0.15, 0.2) is 6.61 Å². The van der Waals surface area contributed by atoms with Gasteiger partial charge in [0.25, 0.3) is 0 Å². The van der Waals surface area contributed by atoms with E-state index in [-0.39, 0.29) is 18.4 Å². The van der Waals surface area contributed by atoms with E-state index in [9.17, 15) is 9.59 Å². The van der Waals surface area contributed by atoms with E-state index < -0.39 is 0 Å². The Balaban J connectivity index is 2.15. The van der Waals surface area contributed by atoms with Gasteiger partial charge in [-0.1, -0.05) is 0 Å². The number of hydrogen-bond acceptors (Lipinski definition) is 3. The first kappa shape index (κ1) is 10.5. The maximum absolute atomic E-state index is 11.4. The standard InChI is InChI=1S/C11H12N2O3/c1-2-12-11(15)13-7-3-4-10-8(5-7)9(14)6-16-10/h3-5H,2,6H2,1H3,(H2,12,13,15). The summed E-state index contributed by atoms with van der Waals surface area (Å²) in [5.74, 6) is 0.515. The van der Waals surface area contributed by atoms with Crippen molar-refractivity contribution in [3.05, 3.63) is 23.8 Å². The third-order valence-corrected chi connectivity index (χ3v) is 2.23. The van der Waals surface area contributed by atoms with Crippen LogP contribution in [0.1, 0.15) is 17.3 Å². The number of rotatable bonds is 2. The van der Waals surface area contributed by atoms with E-state index in [2.05, 4.69) is 10.6 Å². The lowest BCUT2D eigenvalue weighted by Gasteiger charge is -2.06. The molecule has 0 saturated carbocycles. The van der Waals surface area contributed by atoms with E-state index in [1.807, 2.05) is 6.92 Å². The van der Waals surface area contributed by atoms with Gasteiger partial charge in [-0.15, -0.1) is 0 Å². The van der Waals surface area contributed by atoms with Crippen molar-refractivity contribution in [2.45, 2.75) is 6.92 Å². The summed E-state index contributed by atoms with van der Waals surface area (Å²) in [5, 5.41) is 5.24. The molecule has 1 aromatic carbocycles. The van der Waals surface area contributed by atoms with Gasteiger partial charge >= 0.3 is 6.03 Å². The number of fused-ring (bicyclic) bond motifs is 1. The number of carbonyl (C=O) groups is 2. The molecule has 2 amide bonds. The fourth-order valence-corrected chi connectivity index (χ4v) is 1.51. The van der Waals surface area contributed by atoms with Crippen LogP contribution in [0.25, 0.3) is 0 Å². The normalized spacial score (nSPS) is 12.9. The number of anilines is 1. The molecule has 0 bridgehead atoms. The number of amides is 2. The molecule has 16 heavy (non-hydrogen) atoms. The Hall–Kier alpha value is -2.04. The average molecular weight is 220 g/mol. The number of benzene rings is 1. The molecule has 5 heteroatoms. The smallest absolute Gasteiger partial charge is 0.319 e. The summed E-state index contributed by atoms with van der Waals surface area (Å²) in [5.41, 5.74) is 1.11. The number of urea groups is 1. The second-order valence-corrected chi connectivity index (χ2v) is 3.41. The van der Waals surface area contributed by atoms with Gasteiger partial charge in [-0.2, -0.15) is 0 Å². The Morgan fingerprint density at radius 3 is 3.06 bits per heavy atom. The zero-order chi connectivity index (χ0) is 11.5. The van der Waals surface area contributed by atoms with Crippen LogP contribution >= 0.6 is 0 Å². The van der Waals surface area contributed by atoms with Crippen LogP contribution in [0.2, 0.25) is 0 Å². The molecule has 1 aromatic rings. The molecular formula is C11H12N2O3. The minimum absolute atomic E-state index is 0.0606. The number of ether oxygens (including phenoxy) is 1. The summed E-state index contributed by atoms with van der Waals surface area (Å²) in [7, 11) is 0. The van der Waals surface area contributed by atoms with Gasteiger partial charge in [0.2, 0.25) is 5.78 Å². The van der Waals surface area contributed by atoms with E-state index in [4.69, 9.17) is 4.74 Å². The number of ketones is 1. The molecule has 84 valence electrons. The Morgan fingerprint density at radius 1 is 1.50 bits per heavy atom. The summed E-state index contributed by atoms with van der Waals surface area (Å²) in [6.07, 6.45) is 0. The molecular weight excluding hydrogens is 208 g/mol. The lowest BCUT2D eigenvalue weighted by molar-refractivity contribution is 0.0961. The predicted octanol–water partition coefficient (Wildman–Crippen LogP) is 1.40. The second kappa shape index (κ2) is 4.22. The predicted molar refractivity (Wildman–Crippen MR) is 59.0 cm³/mol. The van der Waals surface area contributed by atoms with Crippen LogP contribution in [-0.4, -0.2) is 25.0 Å². The average Bonchev–Trinajstić information content (AvgIpc) is 2.61. The van der Waals surface area contributed by atoms with Crippen LogP contribution in [0.5, 0.6) is 5.75 Å². The maximum Gasteiger partial charge on any atom is 0.319 e. The summed E-state index contributed by atoms with van der Waals surface area (Å²) in [6, 6.07) is 4.72. The molecule has 2 N–H and O–H groups in total. The van der Waals surface area contributed by atoms with Crippen molar-refractivity contribution in [1.29, 1.82) is 0 Å². The van der Waals surface area contributed by atoms with Crippen LogP contribution < -0.4 is 15.4 Å². The van der Waals surface area contributed by atoms with E-state index in [1.165, 1.54) is 0 Å². The van der Waals surface area contributed by atoms with Gasteiger partial charge in [-0.05, 0) is 25.1 Å². The zero-order valence-corrected chi connectivity index (χ0v) is 8.87. The van der Waals surface area contributed by atoms with Gasteiger partial charge in [0, 0.05) is 12.2 Å². The van der Waals surface area contributed by atoms with Crippen LogP contribution in [0, 0.1) is 0 Å². The first-order valence-corrected chi connectivity index (χ1v) is 5.05. The summed E-state index contributed by atoms with van der Waals surface area (Å²) in [4.78, 5) is 22.6. The van der Waals surface area contributed by atoms with Crippen molar-refractivity contribution in [2.75, 3.05) is 18.5 Å². The van der Waals surface area contributed by atoms with E-state index >= 15 is 0 Å². The molecule has 2 rings (SSSR count). The Bertz CT molecular complexity index is 443. The number of hydrogen-bond donors (Lipinski definition) is 2. The third-order valence-electron chi connectivity index (χ3n) is 2.23. The molecule has 0 spiro atoms. The number of nitrogens with one attached hydrogen (secondary N) is 2. The molecule has 0 fully saturated rings. The highest BCUT2D eigenvalue weighted by atomic mass is 16.5. The van der Waals surface area contributed by atoms with Gasteiger partial charge in [-0.3, -0.25) is 4.79 Å². The number of Topliss-reactive ketones (excluding diaryl/α,β-unsaturated/α-hetero) is 1. The monoisotopic (exact) mass is 220 g/mol. The molecule has 0 saturated heterocycles. The van der Waals surface area contributed by atoms with Gasteiger partial charge in [0.05, 0.1) is 5.56 Å². The van der Waals surface area contributed by atoms with Crippen molar-refractivity contribution in [1.82, 2.24) is 5.32 Å². The first-order chi connectivity index (χ1) is 7.70. The second-order valence-electron chi connectivity index (χ2n) is 3.41. The van der Waals surface area contributed by atoms with Crippen molar-refractivity contribution < 1.29 is 14.3 Å². The lowest BCUT2D eigenvalue weighted by atomic mass is 10.1. The number of carbonyl (C=O) groups excluding carboxylic acids is 2. The minimum Gasteiger partial charge on any atom is -0.485 e. The first-order valence-electron chi connectivity index (χ1n) is 5.05. The highest BCUT2D eigenvalue weighted by molar-refractivity contribution is 6.03. The third kappa shape index (κ3) is 1.98. The topological polar surface area (TPSA) is 67.4 Å². The molecule has 0 aromatic heterocycles. The molecule has 5 nitrogen and oxygen atoms in total. The minimum atomic E-state index is -0.284. The molecule has 0 unspecified atom stereocenters. The van der Waals surface area contributed by atoms with Crippen LogP contribution in [0.4, 0.5) is 10.5 Å². The van der Waals surface area contributed by atoms with Crippen LogP contribution in [0.15, 0.2) is 18.2 Å². The van der Waals surface area contributed by atoms with Crippen LogP contribution in [0.3, 0.4) is 0 Å².